The number of nitrogens with one attached hydrogen (secondary N) is 1. The van der Waals surface area contributed by atoms with Gasteiger partial charge in [0.05, 0.1) is 5.02 Å². The summed E-state index contributed by atoms with van der Waals surface area (Å²) in [5, 5.41) is 3.36. The number of nitrogens with zero attached hydrogens (tertiary/aromatic N) is 1. The molecule has 0 saturated carbocycles. The average molecular weight is 295 g/mol. The van der Waals surface area contributed by atoms with Gasteiger partial charge in [-0.2, -0.15) is 0 Å². The number of pyridine rings is 1. The monoisotopic (exact) mass is 294 g/mol. The van der Waals surface area contributed by atoms with E-state index in [1.165, 1.54) is 12.1 Å². The van der Waals surface area contributed by atoms with Crippen LogP contribution < -0.4 is 10.1 Å². The molecule has 1 N–H and O–H groups in total. The Hall–Kier alpha value is -1.65. The summed E-state index contributed by atoms with van der Waals surface area (Å²) in [6.07, 6.45) is 2.83. The van der Waals surface area contributed by atoms with Crippen LogP contribution in [0.2, 0.25) is 5.02 Å². The highest BCUT2D eigenvalue weighted by molar-refractivity contribution is 6.30. The van der Waals surface area contributed by atoms with Crippen molar-refractivity contribution >= 4 is 11.6 Å². The molecule has 1 heterocycles. The van der Waals surface area contributed by atoms with Gasteiger partial charge < -0.3 is 10.1 Å². The van der Waals surface area contributed by atoms with Crippen molar-refractivity contribution in [2.24, 2.45) is 0 Å². The van der Waals surface area contributed by atoms with Gasteiger partial charge in [0.2, 0.25) is 5.88 Å². The van der Waals surface area contributed by atoms with Crippen molar-refractivity contribution in [3.05, 3.63) is 52.9 Å². The van der Waals surface area contributed by atoms with E-state index in [0.717, 1.165) is 25.1 Å². The normalized spacial score (nSPS) is 10.6. The molecule has 106 valence electrons. The van der Waals surface area contributed by atoms with Crippen molar-refractivity contribution < 1.29 is 9.13 Å². The van der Waals surface area contributed by atoms with Gasteiger partial charge in [-0.05, 0) is 30.7 Å². The Morgan fingerprint density at radius 2 is 2.15 bits per heavy atom. The lowest BCUT2D eigenvalue weighted by molar-refractivity contribution is 0.457. The number of hydrogen-bond acceptors (Lipinski definition) is 3. The minimum Gasteiger partial charge on any atom is -0.439 e. The van der Waals surface area contributed by atoms with Gasteiger partial charge in [0.25, 0.3) is 0 Å². The molecule has 1 aromatic carbocycles. The van der Waals surface area contributed by atoms with Crippen LogP contribution in [-0.4, -0.2) is 11.5 Å². The molecule has 0 spiro atoms. The summed E-state index contributed by atoms with van der Waals surface area (Å²) in [6.45, 7) is 3.87. The summed E-state index contributed by atoms with van der Waals surface area (Å²) in [5.41, 5.74) is 1.08. The Bertz CT molecular complexity index is 560. The fourth-order valence-electron chi connectivity index (χ4n) is 1.65. The Morgan fingerprint density at radius 3 is 2.80 bits per heavy atom. The van der Waals surface area contributed by atoms with Crippen molar-refractivity contribution in [1.82, 2.24) is 10.3 Å². The van der Waals surface area contributed by atoms with Crippen molar-refractivity contribution in [3.63, 3.8) is 0 Å². The number of ether oxygens (including phenoxy) is 1. The first kappa shape index (κ1) is 14.8. The topological polar surface area (TPSA) is 34.1 Å². The van der Waals surface area contributed by atoms with Crippen molar-refractivity contribution in [3.8, 4) is 11.6 Å². The van der Waals surface area contributed by atoms with Gasteiger partial charge in [-0.25, -0.2) is 9.37 Å². The number of halogens is 2. The minimum absolute atomic E-state index is 0.0719. The van der Waals surface area contributed by atoms with Crippen LogP contribution >= 0.6 is 11.6 Å². The maximum absolute atomic E-state index is 13.3. The van der Waals surface area contributed by atoms with E-state index in [2.05, 4.69) is 17.2 Å². The van der Waals surface area contributed by atoms with E-state index < -0.39 is 5.82 Å². The van der Waals surface area contributed by atoms with Crippen LogP contribution in [0.5, 0.6) is 11.6 Å². The fraction of sp³-hybridized carbons (Fsp3) is 0.267. The summed E-state index contributed by atoms with van der Waals surface area (Å²) in [6, 6.07) is 7.98. The Morgan fingerprint density at radius 1 is 1.30 bits per heavy atom. The van der Waals surface area contributed by atoms with Gasteiger partial charge in [-0.15, -0.1) is 0 Å². The predicted molar refractivity (Wildman–Crippen MR) is 77.7 cm³/mol. The lowest BCUT2D eigenvalue weighted by Crippen LogP contribution is -2.13. The number of hydrogen-bond donors (Lipinski definition) is 1. The molecule has 0 amide bonds. The van der Waals surface area contributed by atoms with Crippen LogP contribution in [-0.2, 0) is 6.54 Å². The van der Waals surface area contributed by atoms with E-state index in [1.54, 1.807) is 18.3 Å². The van der Waals surface area contributed by atoms with E-state index in [4.69, 9.17) is 16.3 Å². The molecule has 1 aromatic heterocycles. The van der Waals surface area contributed by atoms with E-state index >= 15 is 0 Å². The van der Waals surface area contributed by atoms with Gasteiger partial charge in [0.15, 0.2) is 0 Å². The minimum atomic E-state index is -0.510. The number of benzene rings is 1. The zero-order chi connectivity index (χ0) is 14.4. The molecule has 5 heteroatoms. The van der Waals surface area contributed by atoms with Crippen LogP contribution in [0.1, 0.15) is 18.9 Å². The third-order valence-electron chi connectivity index (χ3n) is 2.67. The predicted octanol–water partition coefficient (Wildman–Crippen LogP) is 4.17. The molecule has 0 bridgehead atoms. The third-order valence-corrected chi connectivity index (χ3v) is 2.97. The standard InChI is InChI=1S/C15H16ClFN2O/c1-2-7-18-9-11-3-6-15(19-10-11)20-12-4-5-13(16)14(17)8-12/h3-6,8,10,18H,2,7,9H2,1H3. The van der Waals surface area contributed by atoms with E-state index in [-0.39, 0.29) is 5.02 Å². The maximum Gasteiger partial charge on any atom is 0.219 e. The molecule has 0 aliphatic carbocycles. The molecule has 0 aliphatic heterocycles. The van der Waals surface area contributed by atoms with Gasteiger partial charge >= 0.3 is 0 Å². The molecule has 0 fully saturated rings. The van der Waals surface area contributed by atoms with Crippen LogP contribution in [0.15, 0.2) is 36.5 Å². The molecule has 0 unspecified atom stereocenters. The van der Waals surface area contributed by atoms with Gasteiger partial charge in [-0.1, -0.05) is 24.6 Å². The molecule has 0 aliphatic rings. The molecular formula is C15H16ClFN2O. The summed E-state index contributed by atoms with van der Waals surface area (Å²) >= 11 is 5.61. The zero-order valence-electron chi connectivity index (χ0n) is 11.2. The Kier molecular flexibility index (Phi) is 5.32. The summed E-state index contributed by atoms with van der Waals surface area (Å²) in [7, 11) is 0. The quantitative estimate of drug-likeness (QED) is 0.812. The molecule has 0 saturated heterocycles. The second-order valence-corrected chi connectivity index (χ2v) is 4.77. The lowest BCUT2D eigenvalue weighted by atomic mass is 10.3. The highest BCUT2D eigenvalue weighted by Gasteiger charge is 2.04. The van der Waals surface area contributed by atoms with Crippen molar-refractivity contribution in [1.29, 1.82) is 0 Å². The highest BCUT2D eigenvalue weighted by atomic mass is 35.5. The first-order valence-corrected chi connectivity index (χ1v) is 6.85. The second-order valence-electron chi connectivity index (χ2n) is 4.36. The largest absolute Gasteiger partial charge is 0.439 e. The van der Waals surface area contributed by atoms with Crippen LogP contribution in [0.3, 0.4) is 0 Å². The molecule has 0 radical (unpaired) electrons. The maximum atomic E-state index is 13.3. The first-order valence-electron chi connectivity index (χ1n) is 6.47. The third kappa shape index (κ3) is 4.18. The second kappa shape index (κ2) is 7.22. The zero-order valence-corrected chi connectivity index (χ0v) is 12.0. The van der Waals surface area contributed by atoms with Gasteiger partial charge in [-0.3, -0.25) is 0 Å². The van der Waals surface area contributed by atoms with E-state index in [1.807, 2.05) is 6.07 Å². The molecule has 2 aromatic rings. The van der Waals surface area contributed by atoms with Gasteiger partial charge in [0.1, 0.15) is 11.6 Å². The average Bonchev–Trinajstić information content (AvgIpc) is 2.45. The van der Waals surface area contributed by atoms with Crippen LogP contribution in [0.25, 0.3) is 0 Å². The smallest absolute Gasteiger partial charge is 0.219 e. The molecule has 0 atom stereocenters. The van der Waals surface area contributed by atoms with Gasteiger partial charge in [0, 0.05) is 24.9 Å². The molecular weight excluding hydrogens is 279 g/mol. The molecule has 3 nitrogen and oxygen atoms in total. The van der Waals surface area contributed by atoms with Crippen LogP contribution in [0, 0.1) is 5.82 Å². The number of rotatable bonds is 6. The highest BCUT2D eigenvalue weighted by Crippen LogP contribution is 2.24. The Balaban J connectivity index is 1.97. The Labute approximate surface area is 122 Å². The SMILES string of the molecule is CCCNCc1ccc(Oc2ccc(Cl)c(F)c2)nc1. The molecule has 20 heavy (non-hydrogen) atoms. The number of aromatic nitrogens is 1. The molecule has 2 rings (SSSR count). The summed E-state index contributed by atoms with van der Waals surface area (Å²) < 4.78 is 18.7. The van der Waals surface area contributed by atoms with Crippen molar-refractivity contribution in [2.45, 2.75) is 19.9 Å². The van der Waals surface area contributed by atoms with Crippen LogP contribution in [0.4, 0.5) is 4.39 Å². The van der Waals surface area contributed by atoms with E-state index in [0.29, 0.717) is 11.6 Å². The lowest BCUT2D eigenvalue weighted by Gasteiger charge is -2.07. The fourth-order valence-corrected chi connectivity index (χ4v) is 1.76. The van der Waals surface area contributed by atoms with Crippen molar-refractivity contribution in [2.75, 3.05) is 6.54 Å². The summed E-state index contributed by atoms with van der Waals surface area (Å²) in [4.78, 5) is 4.19. The van der Waals surface area contributed by atoms with E-state index in [9.17, 15) is 4.39 Å². The first-order chi connectivity index (χ1) is 9.69. The summed E-state index contributed by atoms with van der Waals surface area (Å²) in [5.74, 6) is 0.284.